The number of carbonyl (C=O) groups is 2. The van der Waals surface area contributed by atoms with Gasteiger partial charge in [0.15, 0.2) is 0 Å². The maximum Gasteiger partial charge on any atom is 0.407 e. The molecule has 0 aromatic carbocycles. The summed E-state index contributed by atoms with van der Waals surface area (Å²) in [6, 6.07) is -0.184. The molecule has 17 heavy (non-hydrogen) atoms. The van der Waals surface area contributed by atoms with Crippen LogP contribution in [0.1, 0.15) is 46.5 Å². The molecular weight excluding hydrogens is 220 g/mol. The number of rotatable bonds is 2. The van der Waals surface area contributed by atoms with E-state index in [9.17, 15) is 9.59 Å². The van der Waals surface area contributed by atoms with Crippen LogP contribution < -0.4 is 11.1 Å². The predicted octanol–water partition coefficient (Wildman–Crippen LogP) is 1.56. The molecule has 2 amide bonds. The van der Waals surface area contributed by atoms with Crippen LogP contribution in [0.25, 0.3) is 0 Å². The lowest BCUT2D eigenvalue weighted by Gasteiger charge is -2.30. The number of alkyl carbamates (subject to hydrolysis) is 1. The molecule has 0 aromatic heterocycles. The molecule has 0 aliphatic heterocycles. The second-order valence-corrected chi connectivity index (χ2v) is 5.55. The molecular formula is C12H22N2O3. The van der Waals surface area contributed by atoms with E-state index < -0.39 is 11.7 Å². The Hall–Kier alpha value is -1.26. The smallest absolute Gasteiger partial charge is 0.407 e. The monoisotopic (exact) mass is 242 g/mol. The minimum atomic E-state index is -0.527. The highest BCUT2D eigenvalue weighted by atomic mass is 16.6. The lowest BCUT2D eigenvalue weighted by molar-refractivity contribution is -0.123. The van der Waals surface area contributed by atoms with Crippen LogP contribution in [0.5, 0.6) is 0 Å². The highest BCUT2D eigenvalue weighted by molar-refractivity contribution is 5.78. The average molecular weight is 242 g/mol. The minimum Gasteiger partial charge on any atom is -0.444 e. The summed E-state index contributed by atoms with van der Waals surface area (Å²) >= 11 is 0. The Balaban J connectivity index is 2.53. The van der Waals surface area contributed by atoms with E-state index in [4.69, 9.17) is 10.5 Å². The molecule has 98 valence electrons. The van der Waals surface area contributed by atoms with Crippen molar-refractivity contribution in [3.8, 4) is 0 Å². The Kier molecular flexibility index (Phi) is 4.37. The fourth-order valence-electron chi connectivity index (χ4n) is 2.10. The zero-order chi connectivity index (χ0) is 13.1. The van der Waals surface area contributed by atoms with Crippen LogP contribution in [0.4, 0.5) is 4.79 Å². The normalized spacial score (nSPS) is 25.1. The molecule has 5 heteroatoms. The van der Waals surface area contributed by atoms with Crippen LogP contribution in [0, 0.1) is 5.92 Å². The number of ether oxygens (including phenoxy) is 1. The number of hydrogen-bond acceptors (Lipinski definition) is 3. The van der Waals surface area contributed by atoms with E-state index in [0.29, 0.717) is 0 Å². The highest BCUT2D eigenvalue weighted by Crippen LogP contribution is 2.24. The maximum absolute atomic E-state index is 11.6. The lowest BCUT2D eigenvalue weighted by Crippen LogP contribution is -2.48. The van der Waals surface area contributed by atoms with Crippen LogP contribution >= 0.6 is 0 Å². The van der Waals surface area contributed by atoms with E-state index in [-0.39, 0.29) is 17.9 Å². The molecule has 2 atom stereocenters. The van der Waals surface area contributed by atoms with Crippen molar-refractivity contribution < 1.29 is 14.3 Å². The van der Waals surface area contributed by atoms with Crippen LogP contribution in [0.15, 0.2) is 0 Å². The molecule has 0 heterocycles. The second-order valence-electron chi connectivity index (χ2n) is 5.55. The molecule has 0 radical (unpaired) electrons. The van der Waals surface area contributed by atoms with Crippen molar-refractivity contribution in [2.75, 3.05) is 0 Å². The van der Waals surface area contributed by atoms with Crippen molar-refractivity contribution in [3.63, 3.8) is 0 Å². The SMILES string of the molecule is CC(C)(C)OC(=O)NC1CCCCC1C(N)=O. The number of primary amides is 1. The summed E-state index contributed by atoms with van der Waals surface area (Å²) in [4.78, 5) is 22.9. The molecule has 1 saturated carbocycles. The lowest BCUT2D eigenvalue weighted by atomic mass is 9.84. The van der Waals surface area contributed by atoms with Gasteiger partial charge in [-0.25, -0.2) is 4.79 Å². The minimum absolute atomic E-state index is 0.184. The second kappa shape index (κ2) is 5.38. The van der Waals surface area contributed by atoms with Gasteiger partial charge in [-0.3, -0.25) is 4.79 Å². The van der Waals surface area contributed by atoms with Gasteiger partial charge in [0.25, 0.3) is 0 Å². The van der Waals surface area contributed by atoms with Crippen LogP contribution in [0.2, 0.25) is 0 Å². The van der Waals surface area contributed by atoms with Gasteiger partial charge in [-0.05, 0) is 33.6 Å². The Morgan fingerprint density at radius 1 is 1.24 bits per heavy atom. The van der Waals surface area contributed by atoms with Crippen LogP contribution in [0.3, 0.4) is 0 Å². The van der Waals surface area contributed by atoms with E-state index in [2.05, 4.69) is 5.32 Å². The molecule has 1 rings (SSSR count). The zero-order valence-corrected chi connectivity index (χ0v) is 10.8. The van der Waals surface area contributed by atoms with E-state index in [1.807, 2.05) is 0 Å². The average Bonchev–Trinajstić information content (AvgIpc) is 2.14. The molecule has 0 saturated heterocycles. The van der Waals surface area contributed by atoms with Crippen LogP contribution in [-0.4, -0.2) is 23.6 Å². The first-order valence-electron chi connectivity index (χ1n) is 6.08. The summed E-state index contributed by atoms with van der Waals surface area (Å²) in [5, 5.41) is 2.74. The van der Waals surface area contributed by atoms with Crippen molar-refractivity contribution in [1.82, 2.24) is 5.32 Å². The van der Waals surface area contributed by atoms with Gasteiger partial charge < -0.3 is 15.8 Å². The Morgan fingerprint density at radius 3 is 2.35 bits per heavy atom. The Bertz CT molecular complexity index is 297. The highest BCUT2D eigenvalue weighted by Gasteiger charge is 2.31. The summed E-state index contributed by atoms with van der Waals surface area (Å²) in [6.07, 6.45) is 3.04. The zero-order valence-electron chi connectivity index (χ0n) is 10.8. The fraction of sp³-hybridized carbons (Fsp3) is 0.833. The molecule has 5 nitrogen and oxygen atoms in total. The maximum atomic E-state index is 11.6. The van der Waals surface area contributed by atoms with Gasteiger partial charge in [0, 0.05) is 6.04 Å². The molecule has 1 aliphatic carbocycles. The van der Waals surface area contributed by atoms with Crippen molar-refractivity contribution in [2.24, 2.45) is 11.7 Å². The third kappa shape index (κ3) is 4.63. The number of nitrogens with one attached hydrogen (secondary N) is 1. The third-order valence-electron chi connectivity index (χ3n) is 2.83. The summed E-state index contributed by atoms with van der Waals surface area (Å²) in [5.41, 5.74) is 4.80. The first kappa shape index (κ1) is 13.8. The summed E-state index contributed by atoms with van der Waals surface area (Å²) in [6.45, 7) is 5.41. The van der Waals surface area contributed by atoms with Crippen molar-refractivity contribution >= 4 is 12.0 Å². The summed E-state index contributed by atoms with van der Waals surface area (Å²) in [5.74, 6) is -0.609. The van der Waals surface area contributed by atoms with Crippen LogP contribution in [-0.2, 0) is 9.53 Å². The molecule has 3 N–H and O–H groups in total. The van der Waals surface area contributed by atoms with Gasteiger partial charge in [-0.2, -0.15) is 0 Å². The van der Waals surface area contributed by atoms with Gasteiger partial charge in [0.2, 0.25) is 5.91 Å². The largest absolute Gasteiger partial charge is 0.444 e. The standard InChI is InChI=1S/C12H22N2O3/c1-12(2,3)17-11(16)14-9-7-5-4-6-8(9)10(13)15/h8-9H,4-7H2,1-3H3,(H2,13,15)(H,14,16). The topological polar surface area (TPSA) is 81.4 Å². The molecule has 1 aliphatic rings. The van der Waals surface area contributed by atoms with Crippen molar-refractivity contribution in [2.45, 2.75) is 58.1 Å². The molecule has 0 aromatic rings. The van der Waals surface area contributed by atoms with Gasteiger partial charge in [-0.1, -0.05) is 12.8 Å². The van der Waals surface area contributed by atoms with E-state index in [1.165, 1.54) is 0 Å². The van der Waals surface area contributed by atoms with E-state index >= 15 is 0 Å². The molecule has 1 fully saturated rings. The first-order chi connectivity index (χ1) is 7.79. The van der Waals surface area contributed by atoms with Crippen molar-refractivity contribution in [3.05, 3.63) is 0 Å². The Labute approximate surface area is 102 Å². The first-order valence-corrected chi connectivity index (χ1v) is 6.08. The number of carbonyl (C=O) groups excluding carboxylic acids is 2. The van der Waals surface area contributed by atoms with Gasteiger partial charge in [0.05, 0.1) is 5.92 Å². The quantitative estimate of drug-likeness (QED) is 0.771. The Morgan fingerprint density at radius 2 is 1.82 bits per heavy atom. The molecule has 2 unspecified atom stereocenters. The van der Waals surface area contributed by atoms with Gasteiger partial charge >= 0.3 is 6.09 Å². The number of nitrogens with two attached hydrogens (primary N) is 1. The fourth-order valence-corrected chi connectivity index (χ4v) is 2.10. The number of amides is 2. The van der Waals surface area contributed by atoms with Gasteiger partial charge in [0.1, 0.15) is 5.60 Å². The molecule has 0 bridgehead atoms. The summed E-state index contributed by atoms with van der Waals surface area (Å²) in [7, 11) is 0. The third-order valence-corrected chi connectivity index (χ3v) is 2.83. The molecule has 0 spiro atoms. The predicted molar refractivity (Wildman–Crippen MR) is 64.3 cm³/mol. The van der Waals surface area contributed by atoms with E-state index in [0.717, 1.165) is 25.7 Å². The summed E-state index contributed by atoms with van der Waals surface area (Å²) < 4.78 is 5.17. The van der Waals surface area contributed by atoms with E-state index in [1.54, 1.807) is 20.8 Å². The number of hydrogen-bond donors (Lipinski definition) is 2. The van der Waals surface area contributed by atoms with Gasteiger partial charge in [-0.15, -0.1) is 0 Å². The van der Waals surface area contributed by atoms with Crippen molar-refractivity contribution in [1.29, 1.82) is 0 Å².